The molecular weight excluding hydrogens is 1090 g/mol. The second-order valence-electron chi connectivity index (χ2n) is 17.7. The van der Waals surface area contributed by atoms with Gasteiger partial charge < -0.3 is 20.1 Å². The summed E-state index contributed by atoms with van der Waals surface area (Å²) >= 11 is 5.83. The van der Waals surface area contributed by atoms with Crippen molar-refractivity contribution >= 4 is 76.6 Å². The molecule has 0 aliphatic carbocycles. The fraction of sp³-hybridized carbons (Fsp3) is 0.136. The molecule has 0 bridgehead atoms. The number of rotatable bonds is 21. The van der Waals surface area contributed by atoms with Gasteiger partial charge >= 0.3 is 17.9 Å². The SMILES string of the molecule is COc1ccc(S(=O)(=O)Nc2ccccc2CCc2ccc(C(=O)O)cc2)cc1.CS(=O)(=O)Nc1ccccc1CCc1ccc(C(=O)O)cc1.O=C(O)c1ccc(CCc2ccccc2NS(=O)(=O)c2ccc(Cl)cc2)cc1. The van der Waals surface area contributed by atoms with Crippen molar-refractivity contribution in [3.8, 4) is 5.75 Å². The third kappa shape index (κ3) is 18.6. The first kappa shape index (κ1) is 59.7. The number of halogens is 1. The molecule has 0 aromatic heterocycles. The molecule has 20 heteroatoms. The Morgan fingerprint density at radius 3 is 0.987 bits per heavy atom. The average molecular weight is 1150 g/mol. The number of ether oxygens (including phenoxy) is 1. The molecule has 0 saturated carbocycles. The van der Waals surface area contributed by atoms with Gasteiger partial charge in [-0.05, 0) is 175 Å². The maximum atomic E-state index is 12.7. The standard InChI is InChI=1S/C22H21NO5S.C21H18ClNO4S.C16H17NO4S/c1-28-19-12-14-20(15-13-19)29(26,27)23-21-5-3-2-4-17(21)9-6-16-7-10-18(11-8-16)22(24)25;22-18-11-13-19(14-12-18)28(26,27)23-20-4-2-1-3-16(20)8-5-15-6-9-17(10-7-15)21(24)25;1-22(20,21)17-15-5-3-2-4-13(15)9-6-12-7-10-14(11-8-12)16(18)19/h2-5,7-8,10-15,23H,6,9H2,1H3,(H,24,25);1-4,6-7,9-14,23H,5,8H2,(H,24,25);2-5,7-8,10-11,17H,6,9H2,1H3,(H,18,19). The number of aromatic carboxylic acids is 3. The van der Waals surface area contributed by atoms with E-state index >= 15 is 0 Å². The van der Waals surface area contributed by atoms with Crippen molar-refractivity contribution < 1.29 is 59.7 Å². The number of anilines is 3. The summed E-state index contributed by atoms with van der Waals surface area (Å²) in [5.41, 5.74) is 7.88. The van der Waals surface area contributed by atoms with Gasteiger partial charge in [-0.15, -0.1) is 0 Å². The van der Waals surface area contributed by atoms with Crippen LogP contribution in [-0.4, -0.2) is 71.8 Å². The number of nitrogens with one attached hydrogen (secondary N) is 3. The number of sulfonamides is 3. The highest BCUT2D eigenvalue weighted by Gasteiger charge is 2.18. The zero-order valence-corrected chi connectivity index (χ0v) is 46.0. The predicted molar refractivity (Wildman–Crippen MR) is 306 cm³/mol. The van der Waals surface area contributed by atoms with Gasteiger partial charge in [0.05, 0.1) is 56.9 Å². The number of para-hydroxylation sites is 3. The molecule has 8 aromatic carbocycles. The Balaban J connectivity index is 0.000000193. The third-order valence-corrected chi connectivity index (χ3v) is 15.6. The number of carbonyl (C=O) groups is 3. The van der Waals surface area contributed by atoms with Gasteiger partial charge in [0, 0.05) is 5.02 Å². The molecule has 0 fully saturated rings. The molecule has 0 unspecified atom stereocenters. The normalized spacial score (nSPS) is 11.1. The van der Waals surface area contributed by atoms with Crippen LogP contribution in [0.2, 0.25) is 5.02 Å². The van der Waals surface area contributed by atoms with Crippen LogP contribution in [0.5, 0.6) is 5.75 Å². The average Bonchev–Trinajstić information content (AvgIpc) is 3.43. The van der Waals surface area contributed by atoms with Gasteiger partial charge in [0.1, 0.15) is 5.75 Å². The summed E-state index contributed by atoms with van der Waals surface area (Å²) in [5, 5.41) is 27.3. The molecule has 0 saturated heterocycles. The van der Waals surface area contributed by atoms with E-state index in [1.807, 2.05) is 36.4 Å². The lowest BCUT2D eigenvalue weighted by Gasteiger charge is -2.13. The number of methoxy groups -OCH3 is 1. The van der Waals surface area contributed by atoms with Crippen LogP contribution in [0.25, 0.3) is 0 Å². The monoisotopic (exact) mass is 1150 g/mol. The van der Waals surface area contributed by atoms with Crippen molar-refractivity contribution in [1.82, 2.24) is 0 Å². The second-order valence-corrected chi connectivity index (χ2v) is 23.2. The Kier molecular flexibility index (Phi) is 21.0. The summed E-state index contributed by atoms with van der Waals surface area (Å²) in [5.74, 6) is -2.30. The van der Waals surface area contributed by atoms with E-state index in [1.54, 1.807) is 121 Å². The van der Waals surface area contributed by atoms with E-state index in [0.717, 1.165) is 39.6 Å². The molecule has 8 aromatic rings. The predicted octanol–water partition coefficient (Wildman–Crippen LogP) is 11.1. The molecule has 6 N–H and O–H groups in total. The van der Waals surface area contributed by atoms with Gasteiger partial charge in [-0.1, -0.05) is 103 Å². The Hall–Kier alpha value is -8.49. The number of hydrogen-bond donors (Lipinski definition) is 6. The lowest BCUT2D eigenvalue weighted by Crippen LogP contribution is -2.14. The lowest BCUT2D eigenvalue weighted by atomic mass is 10.0. The number of carboxylic acid groups (broad SMARTS) is 3. The molecule has 0 heterocycles. The van der Waals surface area contributed by atoms with Gasteiger partial charge in [-0.25, -0.2) is 39.6 Å². The van der Waals surface area contributed by atoms with Crippen LogP contribution in [-0.2, 0) is 68.6 Å². The Labute approximate surface area is 464 Å². The summed E-state index contributed by atoms with van der Waals surface area (Å²) < 4.78 is 86.3. The highest BCUT2D eigenvalue weighted by Crippen LogP contribution is 2.26. The van der Waals surface area contributed by atoms with Crippen LogP contribution in [0.3, 0.4) is 0 Å². The minimum Gasteiger partial charge on any atom is -0.497 e. The first-order valence-electron chi connectivity index (χ1n) is 24.2. The minimum atomic E-state index is -3.73. The van der Waals surface area contributed by atoms with Crippen LogP contribution < -0.4 is 18.9 Å². The molecule has 0 spiro atoms. The van der Waals surface area contributed by atoms with Gasteiger partial charge in [-0.3, -0.25) is 14.2 Å². The summed E-state index contributed by atoms with van der Waals surface area (Å²) in [6, 6.07) is 53.8. The molecule has 79 heavy (non-hydrogen) atoms. The molecule has 0 radical (unpaired) electrons. The van der Waals surface area contributed by atoms with E-state index in [4.69, 9.17) is 31.7 Å². The maximum Gasteiger partial charge on any atom is 0.335 e. The first-order chi connectivity index (χ1) is 37.6. The fourth-order valence-corrected chi connectivity index (χ4v) is 10.7. The quantitative estimate of drug-likeness (QED) is 0.0392. The van der Waals surface area contributed by atoms with Crippen LogP contribution in [0.15, 0.2) is 204 Å². The van der Waals surface area contributed by atoms with E-state index in [0.29, 0.717) is 66.4 Å². The van der Waals surface area contributed by atoms with Gasteiger partial charge in [0.15, 0.2) is 0 Å². The highest BCUT2D eigenvalue weighted by molar-refractivity contribution is 7.93. The first-order valence-corrected chi connectivity index (χ1v) is 29.5. The van der Waals surface area contributed by atoms with Crippen LogP contribution in [0.4, 0.5) is 17.1 Å². The number of benzene rings is 8. The van der Waals surface area contributed by atoms with Gasteiger partial charge in [0.2, 0.25) is 10.0 Å². The largest absolute Gasteiger partial charge is 0.497 e. The smallest absolute Gasteiger partial charge is 0.335 e. The molecule has 8 rings (SSSR count). The Morgan fingerprint density at radius 2 is 0.696 bits per heavy atom. The Bertz CT molecular complexity index is 3710. The van der Waals surface area contributed by atoms with E-state index < -0.39 is 48.0 Å². The summed E-state index contributed by atoms with van der Waals surface area (Å²) in [6.45, 7) is 0. The summed E-state index contributed by atoms with van der Waals surface area (Å²) in [6.07, 6.45) is 4.99. The van der Waals surface area contributed by atoms with E-state index in [-0.39, 0.29) is 26.5 Å². The zero-order chi connectivity index (χ0) is 57.2. The van der Waals surface area contributed by atoms with Gasteiger partial charge in [0.25, 0.3) is 20.0 Å². The van der Waals surface area contributed by atoms with Crippen molar-refractivity contribution in [2.45, 2.75) is 48.3 Å². The molecule has 0 aliphatic rings. The van der Waals surface area contributed by atoms with E-state index in [9.17, 15) is 39.6 Å². The lowest BCUT2D eigenvalue weighted by molar-refractivity contribution is 0.0686. The molecule has 16 nitrogen and oxygen atoms in total. The topological polar surface area (TPSA) is 260 Å². The van der Waals surface area contributed by atoms with Gasteiger partial charge in [-0.2, -0.15) is 0 Å². The van der Waals surface area contributed by atoms with Crippen molar-refractivity contribution in [2.75, 3.05) is 27.5 Å². The second kappa shape index (κ2) is 27.7. The molecule has 0 amide bonds. The van der Waals surface area contributed by atoms with Crippen molar-refractivity contribution in [1.29, 1.82) is 0 Å². The number of aryl methyl sites for hydroxylation is 6. The van der Waals surface area contributed by atoms with E-state index in [2.05, 4.69) is 14.2 Å². The molecule has 0 atom stereocenters. The number of carboxylic acids is 3. The summed E-state index contributed by atoms with van der Waals surface area (Å²) in [4.78, 5) is 33.0. The summed E-state index contributed by atoms with van der Waals surface area (Å²) in [7, 11) is -9.25. The van der Waals surface area contributed by atoms with Crippen LogP contribution in [0.1, 0.15) is 64.5 Å². The van der Waals surface area contributed by atoms with Crippen LogP contribution in [0, 0.1) is 0 Å². The number of hydrogen-bond acceptors (Lipinski definition) is 10. The van der Waals surface area contributed by atoms with E-state index in [1.165, 1.54) is 43.5 Å². The molecular formula is C59H56ClN3O13S3. The van der Waals surface area contributed by atoms with Crippen LogP contribution >= 0.6 is 11.6 Å². The van der Waals surface area contributed by atoms with Crippen molar-refractivity contribution in [2.24, 2.45) is 0 Å². The van der Waals surface area contributed by atoms with Crippen molar-refractivity contribution in [3.63, 3.8) is 0 Å². The van der Waals surface area contributed by atoms with Crippen molar-refractivity contribution in [3.05, 3.63) is 249 Å². The minimum absolute atomic E-state index is 0.135. The third-order valence-electron chi connectivity index (χ3n) is 12.0. The molecule has 0 aliphatic heterocycles. The molecule has 410 valence electrons. The maximum absolute atomic E-state index is 12.7. The Morgan fingerprint density at radius 1 is 0.405 bits per heavy atom. The highest BCUT2D eigenvalue weighted by atomic mass is 35.5. The zero-order valence-electron chi connectivity index (χ0n) is 42.7. The fourth-order valence-electron chi connectivity index (χ4n) is 7.77.